The molecule has 0 spiro atoms. The zero-order valence-corrected chi connectivity index (χ0v) is 17.2. The van der Waals surface area contributed by atoms with E-state index in [0.29, 0.717) is 35.8 Å². The van der Waals surface area contributed by atoms with Gasteiger partial charge in [-0.25, -0.2) is 0 Å². The van der Waals surface area contributed by atoms with E-state index in [2.05, 4.69) is 22.4 Å². The first kappa shape index (κ1) is 19.1. The molecule has 2 heterocycles. The molecule has 0 bridgehead atoms. The quantitative estimate of drug-likeness (QED) is 0.619. The summed E-state index contributed by atoms with van der Waals surface area (Å²) in [6, 6.07) is 10.2. The number of thioether (sulfide) groups is 1. The lowest BCUT2D eigenvalue weighted by Crippen LogP contribution is -2.41. The van der Waals surface area contributed by atoms with Gasteiger partial charge in [0.25, 0.3) is 0 Å². The van der Waals surface area contributed by atoms with E-state index in [1.54, 1.807) is 0 Å². The van der Waals surface area contributed by atoms with Gasteiger partial charge in [0.2, 0.25) is 11.7 Å². The molecular weight excluding hydrogens is 372 g/mol. The molecule has 3 aromatic rings. The average molecular weight is 399 g/mol. The number of furan rings is 1. The van der Waals surface area contributed by atoms with Crippen molar-refractivity contribution >= 4 is 28.6 Å². The van der Waals surface area contributed by atoms with Crippen molar-refractivity contribution in [2.45, 2.75) is 57.3 Å². The SMILES string of the molecule is CCn1c(SCC(=O)N[C@@H]2CCCC[C@@H]2C)nnc1-c1cc2ccccc2o1. The van der Waals surface area contributed by atoms with Gasteiger partial charge in [-0.3, -0.25) is 9.36 Å². The van der Waals surface area contributed by atoms with Crippen LogP contribution in [0.5, 0.6) is 0 Å². The second-order valence-corrected chi connectivity index (χ2v) is 8.37. The maximum atomic E-state index is 12.4. The van der Waals surface area contributed by atoms with Crippen molar-refractivity contribution in [3.63, 3.8) is 0 Å². The lowest BCUT2D eigenvalue weighted by molar-refractivity contribution is -0.119. The molecule has 0 radical (unpaired) electrons. The average Bonchev–Trinajstić information content (AvgIpc) is 3.31. The lowest BCUT2D eigenvalue weighted by Gasteiger charge is -2.29. The van der Waals surface area contributed by atoms with Gasteiger partial charge in [-0.1, -0.05) is 49.7 Å². The van der Waals surface area contributed by atoms with Crippen LogP contribution < -0.4 is 5.32 Å². The van der Waals surface area contributed by atoms with Crippen molar-refractivity contribution in [1.29, 1.82) is 0 Å². The molecule has 148 valence electrons. The van der Waals surface area contributed by atoms with E-state index in [4.69, 9.17) is 4.42 Å². The number of benzene rings is 1. The maximum absolute atomic E-state index is 12.4. The number of fused-ring (bicyclic) bond motifs is 1. The molecule has 0 unspecified atom stereocenters. The van der Waals surface area contributed by atoms with Gasteiger partial charge >= 0.3 is 0 Å². The predicted molar refractivity (Wildman–Crippen MR) is 111 cm³/mol. The number of nitrogens with zero attached hydrogens (tertiary/aromatic N) is 3. The van der Waals surface area contributed by atoms with Gasteiger partial charge in [0.1, 0.15) is 5.58 Å². The second-order valence-electron chi connectivity index (χ2n) is 7.42. The molecule has 1 amide bonds. The fourth-order valence-corrected chi connectivity index (χ4v) is 4.68. The van der Waals surface area contributed by atoms with Crippen molar-refractivity contribution in [3.8, 4) is 11.6 Å². The van der Waals surface area contributed by atoms with Crippen LogP contribution in [0, 0.1) is 5.92 Å². The highest BCUT2D eigenvalue weighted by molar-refractivity contribution is 7.99. The van der Waals surface area contributed by atoms with Crippen LogP contribution in [0.15, 0.2) is 39.9 Å². The third-order valence-corrected chi connectivity index (χ3v) is 6.44. The van der Waals surface area contributed by atoms with Crippen LogP contribution in [0.1, 0.15) is 39.5 Å². The summed E-state index contributed by atoms with van der Waals surface area (Å²) in [5, 5.41) is 13.6. The highest BCUT2D eigenvalue weighted by Gasteiger charge is 2.23. The predicted octanol–water partition coefficient (Wildman–Crippen LogP) is 4.50. The van der Waals surface area contributed by atoms with Gasteiger partial charge in [-0.05, 0) is 37.8 Å². The highest BCUT2D eigenvalue weighted by Crippen LogP contribution is 2.29. The number of carbonyl (C=O) groups excluding carboxylic acids is 1. The molecule has 0 saturated heterocycles. The monoisotopic (exact) mass is 398 g/mol. The van der Waals surface area contributed by atoms with Gasteiger partial charge in [0.05, 0.1) is 5.75 Å². The first-order chi connectivity index (χ1) is 13.7. The number of rotatable bonds is 6. The zero-order chi connectivity index (χ0) is 19.5. The number of hydrogen-bond acceptors (Lipinski definition) is 5. The van der Waals surface area contributed by atoms with Gasteiger partial charge in [-0.15, -0.1) is 10.2 Å². The topological polar surface area (TPSA) is 73.0 Å². The molecule has 1 fully saturated rings. The summed E-state index contributed by atoms with van der Waals surface area (Å²) in [4.78, 5) is 12.4. The molecule has 1 aromatic carbocycles. The number of carbonyl (C=O) groups is 1. The number of amides is 1. The molecular formula is C21H26N4O2S. The first-order valence-corrected chi connectivity index (χ1v) is 11.0. The Hall–Kier alpha value is -2.28. The molecule has 4 rings (SSSR count). The maximum Gasteiger partial charge on any atom is 0.230 e. The van der Waals surface area contributed by atoms with Gasteiger partial charge in [-0.2, -0.15) is 0 Å². The standard InChI is InChI=1S/C21H26N4O2S/c1-3-25-20(18-12-15-9-5-7-11-17(15)27-18)23-24-21(25)28-13-19(26)22-16-10-6-4-8-14(16)2/h5,7,9,11-12,14,16H,3-4,6,8,10,13H2,1-2H3,(H,22,26)/t14-,16+/m0/s1. The van der Waals surface area contributed by atoms with Crippen LogP contribution in [0.2, 0.25) is 0 Å². The zero-order valence-electron chi connectivity index (χ0n) is 16.4. The van der Waals surface area contributed by atoms with E-state index < -0.39 is 0 Å². The molecule has 28 heavy (non-hydrogen) atoms. The Labute approximate surface area is 169 Å². The van der Waals surface area contributed by atoms with Crippen molar-refractivity contribution in [3.05, 3.63) is 30.3 Å². The molecule has 7 heteroatoms. The Kier molecular flexibility index (Phi) is 5.71. The van der Waals surface area contributed by atoms with Crippen LogP contribution in [0.4, 0.5) is 0 Å². The fraction of sp³-hybridized carbons (Fsp3) is 0.476. The van der Waals surface area contributed by atoms with E-state index in [0.717, 1.165) is 22.5 Å². The smallest absolute Gasteiger partial charge is 0.230 e. The van der Waals surface area contributed by atoms with Crippen LogP contribution in [0.25, 0.3) is 22.6 Å². The summed E-state index contributed by atoms with van der Waals surface area (Å²) < 4.78 is 7.93. The highest BCUT2D eigenvalue weighted by atomic mass is 32.2. The summed E-state index contributed by atoms with van der Waals surface area (Å²) in [6.45, 7) is 4.98. The largest absolute Gasteiger partial charge is 0.453 e. The second kappa shape index (κ2) is 8.39. The van der Waals surface area contributed by atoms with Gasteiger partial charge in [0, 0.05) is 18.0 Å². The molecule has 1 aliphatic rings. The van der Waals surface area contributed by atoms with Crippen LogP contribution in [-0.4, -0.2) is 32.5 Å². The molecule has 6 nitrogen and oxygen atoms in total. The van der Waals surface area contributed by atoms with Crippen molar-refractivity contribution in [2.24, 2.45) is 5.92 Å². The Morgan fingerprint density at radius 3 is 2.89 bits per heavy atom. The minimum absolute atomic E-state index is 0.0692. The summed E-state index contributed by atoms with van der Waals surface area (Å²) >= 11 is 1.43. The van der Waals surface area contributed by atoms with Gasteiger partial charge in [0.15, 0.2) is 10.9 Å². The minimum atomic E-state index is 0.0692. The third kappa shape index (κ3) is 3.94. The van der Waals surface area contributed by atoms with E-state index in [1.807, 2.05) is 41.8 Å². The third-order valence-electron chi connectivity index (χ3n) is 5.47. The number of nitrogens with one attached hydrogen (secondary N) is 1. The molecule has 2 aromatic heterocycles. The van der Waals surface area contributed by atoms with Crippen LogP contribution >= 0.6 is 11.8 Å². The summed E-state index contributed by atoms with van der Waals surface area (Å²) in [5.74, 6) is 2.37. The number of hydrogen-bond donors (Lipinski definition) is 1. The molecule has 1 saturated carbocycles. The van der Waals surface area contributed by atoms with E-state index in [-0.39, 0.29) is 5.91 Å². The lowest BCUT2D eigenvalue weighted by atomic mass is 9.86. The Morgan fingerprint density at radius 2 is 2.11 bits per heavy atom. The van der Waals surface area contributed by atoms with Crippen LogP contribution in [0.3, 0.4) is 0 Å². The fourth-order valence-electron chi connectivity index (χ4n) is 3.86. The Morgan fingerprint density at radius 1 is 1.29 bits per heavy atom. The van der Waals surface area contributed by atoms with Crippen LogP contribution in [-0.2, 0) is 11.3 Å². The van der Waals surface area contributed by atoms with Crippen molar-refractivity contribution in [2.75, 3.05) is 5.75 Å². The number of para-hydroxylation sites is 1. The number of aromatic nitrogens is 3. The van der Waals surface area contributed by atoms with E-state index in [9.17, 15) is 4.79 Å². The van der Waals surface area contributed by atoms with Crippen molar-refractivity contribution in [1.82, 2.24) is 20.1 Å². The van der Waals surface area contributed by atoms with E-state index in [1.165, 1.54) is 31.0 Å². The minimum Gasteiger partial charge on any atom is -0.453 e. The molecule has 1 N–H and O–H groups in total. The molecule has 1 aliphatic carbocycles. The Balaban J connectivity index is 1.44. The summed E-state index contributed by atoms with van der Waals surface area (Å²) in [6.07, 6.45) is 4.75. The first-order valence-electron chi connectivity index (χ1n) is 10.00. The van der Waals surface area contributed by atoms with Gasteiger partial charge < -0.3 is 9.73 Å². The molecule has 0 aliphatic heterocycles. The summed E-state index contributed by atoms with van der Waals surface area (Å²) in [5.41, 5.74) is 0.832. The summed E-state index contributed by atoms with van der Waals surface area (Å²) in [7, 11) is 0. The molecule has 2 atom stereocenters. The normalized spacial score (nSPS) is 19.8. The van der Waals surface area contributed by atoms with Crippen molar-refractivity contribution < 1.29 is 9.21 Å². The van der Waals surface area contributed by atoms with E-state index >= 15 is 0 Å². The Bertz CT molecular complexity index is 931.